The summed E-state index contributed by atoms with van der Waals surface area (Å²) in [7, 11) is 0. The van der Waals surface area contributed by atoms with Crippen LogP contribution < -0.4 is 0 Å². The molecule has 5 heteroatoms. The lowest BCUT2D eigenvalue weighted by molar-refractivity contribution is 0.111. The van der Waals surface area contributed by atoms with Gasteiger partial charge in [0.15, 0.2) is 6.29 Å². The average molecular weight is 286 g/mol. The van der Waals surface area contributed by atoms with Crippen LogP contribution in [0.25, 0.3) is 11.3 Å². The predicted molar refractivity (Wildman–Crippen MR) is 62.1 cm³/mol. The normalized spacial score (nSPS) is 10.3. The molecule has 1 aromatic heterocycles. The first kappa shape index (κ1) is 10.4. The Hall–Kier alpha value is -1.13. The maximum atomic E-state index is 10.5. The van der Waals surface area contributed by atoms with Crippen LogP contribution in [0.4, 0.5) is 0 Å². The molecule has 0 aliphatic carbocycles. The topological polar surface area (TPSA) is 45.8 Å². The van der Waals surface area contributed by atoms with Crippen LogP contribution in [0.2, 0.25) is 5.02 Å². The van der Waals surface area contributed by atoms with Gasteiger partial charge in [-0.05, 0) is 18.2 Å². The van der Waals surface area contributed by atoms with E-state index in [9.17, 15) is 4.79 Å². The second-order valence-electron chi connectivity index (χ2n) is 2.95. The molecule has 1 heterocycles. The average Bonchev–Trinajstić information content (AvgIpc) is 2.66. The van der Waals surface area contributed by atoms with Crippen molar-refractivity contribution < 1.29 is 4.79 Å². The van der Waals surface area contributed by atoms with Gasteiger partial charge in [-0.2, -0.15) is 5.10 Å². The molecule has 0 saturated carbocycles. The van der Waals surface area contributed by atoms with Gasteiger partial charge in [0.25, 0.3) is 0 Å². The monoisotopic (exact) mass is 284 g/mol. The largest absolute Gasteiger partial charge is 0.296 e. The fraction of sp³-hybridized carbons (Fsp3) is 0. The van der Waals surface area contributed by atoms with E-state index in [1.165, 1.54) is 0 Å². The van der Waals surface area contributed by atoms with E-state index in [1.54, 1.807) is 12.1 Å². The first-order valence-corrected chi connectivity index (χ1v) is 5.34. The van der Waals surface area contributed by atoms with Crippen molar-refractivity contribution in [3.05, 3.63) is 39.5 Å². The quantitative estimate of drug-likeness (QED) is 0.861. The first-order chi connectivity index (χ1) is 7.20. The van der Waals surface area contributed by atoms with Gasteiger partial charge in [-0.3, -0.25) is 9.89 Å². The Kier molecular flexibility index (Phi) is 2.88. The molecule has 3 nitrogen and oxygen atoms in total. The summed E-state index contributed by atoms with van der Waals surface area (Å²) in [6, 6.07) is 7.15. The van der Waals surface area contributed by atoms with Gasteiger partial charge in [0, 0.05) is 10.0 Å². The Balaban J connectivity index is 2.49. The number of carbonyl (C=O) groups is 1. The molecule has 0 aliphatic rings. The van der Waals surface area contributed by atoms with Gasteiger partial charge in [-0.1, -0.05) is 33.6 Å². The first-order valence-electron chi connectivity index (χ1n) is 4.16. The highest BCUT2D eigenvalue weighted by Gasteiger charge is 2.07. The van der Waals surface area contributed by atoms with E-state index in [1.807, 2.05) is 12.1 Å². The zero-order chi connectivity index (χ0) is 10.8. The number of nitrogens with one attached hydrogen (secondary N) is 1. The number of H-pyrrole nitrogens is 1. The second kappa shape index (κ2) is 4.16. The Morgan fingerprint density at radius 3 is 2.80 bits per heavy atom. The number of rotatable bonds is 2. The van der Waals surface area contributed by atoms with Crippen LogP contribution in [-0.2, 0) is 0 Å². The third-order valence-electron chi connectivity index (χ3n) is 1.93. The van der Waals surface area contributed by atoms with Gasteiger partial charge in [0.2, 0.25) is 0 Å². The highest BCUT2D eigenvalue weighted by atomic mass is 79.9. The molecule has 0 bridgehead atoms. The van der Waals surface area contributed by atoms with Gasteiger partial charge >= 0.3 is 0 Å². The summed E-state index contributed by atoms with van der Waals surface area (Å²) in [6.45, 7) is 0. The zero-order valence-corrected chi connectivity index (χ0v) is 9.84. The van der Waals surface area contributed by atoms with E-state index in [4.69, 9.17) is 11.6 Å². The lowest BCUT2D eigenvalue weighted by atomic mass is 10.1. The number of carbonyl (C=O) groups excluding carboxylic acids is 1. The zero-order valence-electron chi connectivity index (χ0n) is 7.50. The van der Waals surface area contributed by atoms with Crippen LogP contribution in [0.1, 0.15) is 10.5 Å². The van der Waals surface area contributed by atoms with Crippen LogP contribution >= 0.6 is 27.5 Å². The lowest BCUT2D eigenvalue weighted by Gasteiger charge is -2.00. The van der Waals surface area contributed by atoms with Crippen LogP contribution in [0.15, 0.2) is 28.7 Å². The molecule has 2 aromatic rings. The van der Waals surface area contributed by atoms with E-state index in [0.29, 0.717) is 22.7 Å². The fourth-order valence-corrected chi connectivity index (χ4v) is 2.00. The molecular formula is C10H6BrClN2O. The van der Waals surface area contributed by atoms with Crippen molar-refractivity contribution in [3.63, 3.8) is 0 Å². The Morgan fingerprint density at radius 1 is 1.40 bits per heavy atom. The molecule has 15 heavy (non-hydrogen) atoms. The van der Waals surface area contributed by atoms with Crippen molar-refractivity contribution in [2.24, 2.45) is 0 Å². The van der Waals surface area contributed by atoms with Gasteiger partial charge in [-0.25, -0.2) is 0 Å². The molecule has 0 radical (unpaired) electrons. The standard InChI is InChI=1S/C10H6BrClN2O/c11-6-1-2-8(9(12)3-6)10-4-7(5-15)13-14-10/h1-5H,(H,13,14). The molecule has 1 N–H and O–H groups in total. The third-order valence-corrected chi connectivity index (χ3v) is 2.74. The van der Waals surface area contributed by atoms with Crippen molar-refractivity contribution in [1.29, 1.82) is 0 Å². The molecule has 0 amide bonds. The Bertz CT molecular complexity index is 510. The summed E-state index contributed by atoms with van der Waals surface area (Å²) < 4.78 is 0.905. The van der Waals surface area contributed by atoms with Crippen molar-refractivity contribution in [3.8, 4) is 11.3 Å². The summed E-state index contributed by atoms with van der Waals surface area (Å²) in [4.78, 5) is 10.5. The van der Waals surface area contributed by atoms with Crippen LogP contribution in [0.3, 0.4) is 0 Å². The van der Waals surface area contributed by atoms with Gasteiger partial charge < -0.3 is 0 Å². The Morgan fingerprint density at radius 2 is 2.20 bits per heavy atom. The van der Waals surface area contributed by atoms with Crippen molar-refractivity contribution in [2.75, 3.05) is 0 Å². The van der Waals surface area contributed by atoms with E-state index in [-0.39, 0.29) is 0 Å². The van der Waals surface area contributed by atoms with Crippen molar-refractivity contribution >= 4 is 33.8 Å². The smallest absolute Gasteiger partial charge is 0.167 e. The Labute approximate surface area is 99.6 Å². The molecule has 76 valence electrons. The van der Waals surface area contributed by atoms with Crippen LogP contribution in [0.5, 0.6) is 0 Å². The van der Waals surface area contributed by atoms with Gasteiger partial charge in [0.1, 0.15) is 0 Å². The highest BCUT2D eigenvalue weighted by Crippen LogP contribution is 2.29. The summed E-state index contributed by atoms with van der Waals surface area (Å²) >= 11 is 9.36. The molecule has 1 aromatic carbocycles. The number of aromatic nitrogens is 2. The minimum Gasteiger partial charge on any atom is -0.296 e. The number of nitrogens with zero attached hydrogens (tertiary/aromatic N) is 1. The minimum atomic E-state index is 0.434. The van der Waals surface area contributed by atoms with Crippen LogP contribution in [0, 0.1) is 0 Å². The fourth-order valence-electron chi connectivity index (χ4n) is 1.23. The summed E-state index contributed by atoms with van der Waals surface area (Å²) in [6.07, 6.45) is 0.712. The summed E-state index contributed by atoms with van der Waals surface area (Å²) in [5.41, 5.74) is 1.89. The van der Waals surface area contributed by atoms with E-state index < -0.39 is 0 Å². The molecular weight excluding hydrogens is 279 g/mol. The third kappa shape index (κ3) is 2.11. The van der Waals surface area contributed by atoms with Gasteiger partial charge in [-0.15, -0.1) is 0 Å². The molecule has 0 unspecified atom stereocenters. The molecule has 0 aliphatic heterocycles. The molecule has 0 saturated heterocycles. The van der Waals surface area contributed by atoms with E-state index in [2.05, 4.69) is 26.1 Å². The molecule has 2 rings (SSSR count). The number of aldehydes is 1. The number of aromatic amines is 1. The summed E-state index contributed by atoms with van der Waals surface area (Å²) in [5.74, 6) is 0. The number of halogens is 2. The minimum absolute atomic E-state index is 0.434. The number of hydrogen-bond acceptors (Lipinski definition) is 2. The highest BCUT2D eigenvalue weighted by molar-refractivity contribution is 9.10. The predicted octanol–water partition coefficient (Wildman–Crippen LogP) is 3.31. The summed E-state index contributed by atoms with van der Waals surface area (Å²) in [5, 5.41) is 7.19. The maximum Gasteiger partial charge on any atom is 0.167 e. The van der Waals surface area contributed by atoms with E-state index >= 15 is 0 Å². The SMILES string of the molecule is O=Cc1cc(-c2ccc(Br)cc2Cl)n[nH]1. The maximum absolute atomic E-state index is 10.5. The van der Waals surface area contributed by atoms with Crippen molar-refractivity contribution in [2.45, 2.75) is 0 Å². The molecule has 0 fully saturated rings. The number of benzene rings is 1. The molecule has 0 spiro atoms. The van der Waals surface area contributed by atoms with Gasteiger partial charge in [0.05, 0.1) is 16.4 Å². The molecule has 0 atom stereocenters. The van der Waals surface area contributed by atoms with E-state index in [0.717, 1.165) is 10.0 Å². The number of hydrogen-bond donors (Lipinski definition) is 1. The van der Waals surface area contributed by atoms with Crippen molar-refractivity contribution in [1.82, 2.24) is 10.2 Å². The second-order valence-corrected chi connectivity index (χ2v) is 4.27. The van der Waals surface area contributed by atoms with Crippen LogP contribution in [-0.4, -0.2) is 16.5 Å². The lowest BCUT2D eigenvalue weighted by Crippen LogP contribution is -1.79.